The van der Waals surface area contributed by atoms with E-state index < -0.39 is 5.97 Å². The highest BCUT2D eigenvalue weighted by Crippen LogP contribution is 2.32. The number of carbonyl (C=O) groups is 1. The highest BCUT2D eigenvalue weighted by atomic mass is 16.5. The van der Waals surface area contributed by atoms with E-state index in [4.69, 9.17) is 9.84 Å². The minimum Gasteiger partial charge on any atom is -0.490 e. The Kier molecular flexibility index (Phi) is 3.52. The molecular formula is C17H17NO3. The molecule has 0 fully saturated rings. The molecule has 0 saturated carbocycles. The highest BCUT2D eigenvalue weighted by molar-refractivity contribution is 5.89. The molecule has 3 rings (SSSR count). The molecule has 0 aliphatic carbocycles. The van der Waals surface area contributed by atoms with Crippen LogP contribution in [-0.4, -0.2) is 24.2 Å². The number of hydrogen-bond acceptors (Lipinski definition) is 3. The van der Waals surface area contributed by atoms with Crippen LogP contribution in [0.3, 0.4) is 0 Å². The van der Waals surface area contributed by atoms with Gasteiger partial charge in [0.2, 0.25) is 0 Å². The van der Waals surface area contributed by atoms with Crippen LogP contribution in [-0.2, 0) is 6.54 Å². The third kappa shape index (κ3) is 2.70. The van der Waals surface area contributed by atoms with Gasteiger partial charge in [-0.2, -0.15) is 0 Å². The van der Waals surface area contributed by atoms with Gasteiger partial charge in [-0.15, -0.1) is 0 Å². The molecule has 1 aliphatic rings. The van der Waals surface area contributed by atoms with Gasteiger partial charge in [0.15, 0.2) is 0 Å². The number of aryl methyl sites for hydroxylation is 1. The molecule has 4 nitrogen and oxygen atoms in total. The zero-order chi connectivity index (χ0) is 14.8. The topological polar surface area (TPSA) is 49.8 Å². The molecular weight excluding hydrogens is 266 g/mol. The van der Waals surface area contributed by atoms with Crippen LogP contribution >= 0.6 is 0 Å². The molecule has 0 amide bonds. The van der Waals surface area contributed by atoms with E-state index in [9.17, 15) is 4.79 Å². The number of aromatic carboxylic acids is 1. The van der Waals surface area contributed by atoms with Gasteiger partial charge in [0, 0.05) is 6.54 Å². The fraction of sp³-hybridized carbons (Fsp3) is 0.235. The number of carboxylic acid groups (broad SMARTS) is 1. The van der Waals surface area contributed by atoms with E-state index in [1.165, 1.54) is 0 Å². The number of benzene rings is 2. The first-order valence-corrected chi connectivity index (χ1v) is 6.95. The van der Waals surface area contributed by atoms with E-state index in [1.807, 2.05) is 43.3 Å². The highest BCUT2D eigenvalue weighted by Gasteiger charge is 2.18. The van der Waals surface area contributed by atoms with E-state index in [1.54, 1.807) is 6.07 Å². The molecule has 0 atom stereocenters. The normalized spacial score (nSPS) is 13.5. The maximum atomic E-state index is 11.1. The lowest BCUT2D eigenvalue weighted by molar-refractivity contribution is 0.0696. The summed E-state index contributed by atoms with van der Waals surface area (Å²) in [4.78, 5) is 13.3. The Morgan fingerprint density at radius 2 is 2.10 bits per heavy atom. The molecule has 108 valence electrons. The molecule has 2 aromatic rings. The van der Waals surface area contributed by atoms with Gasteiger partial charge in [0.25, 0.3) is 0 Å². The number of hydrogen-bond donors (Lipinski definition) is 1. The first-order chi connectivity index (χ1) is 10.1. The maximum absolute atomic E-state index is 11.1. The second-order valence-electron chi connectivity index (χ2n) is 5.19. The van der Waals surface area contributed by atoms with Crippen molar-refractivity contribution in [2.75, 3.05) is 18.1 Å². The van der Waals surface area contributed by atoms with Crippen molar-refractivity contribution in [3.05, 3.63) is 59.2 Å². The standard InChI is InChI=1S/C17H17NO3/c1-12-10-13(6-7-14(12)17(19)20)11-18-8-9-21-16-5-3-2-4-15(16)18/h2-7,10H,8-9,11H2,1H3,(H,19,20). The van der Waals surface area contributed by atoms with Gasteiger partial charge in [-0.05, 0) is 36.2 Å². The largest absolute Gasteiger partial charge is 0.490 e. The van der Waals surface area contributed by atoms with Gasteiger partial charge >= 0.3 is 5.97 Å². The molecule has 0 bridgehead atoms. The molecule has 0 aromatic heterocycles. The molecule has 0 unspecified atom stereocenters. The third-order valence-corrected chi connectivity index (χ3v) is 3.72. The average molecular weight is 283 g/mol. The number of anilines is 1. The molecule has 1 aliphatic heterocycles. The Morgan fingerprint density at radius 3 is 2.86 bits per heavy atom. The van der Waals surface area contributed by atoms with Crippen molar-refractivity contribution >= 4 is 11.7 Å². The Morgan fingerprint density at radius 1 is 1.29 bits per heavy atom. The molecule has 1 heterocycles. The average Bonchev–Trinajstić information content (AvgIpc) is 2.47. The fourth-order valence-corrected chi connectivity index (χ4v) is 2.68. The zero-order valence-electron chi connectivity index (χ0n) is 11.9. The van der Waals surface area contributed by atoms with Gasteiger partial charge in [0.05, 0.1) is 17.8 Å². The predicted octanol–water partition coefficient (Wildman–Crippen LogP) is 3.09. The molecule has 21 heavy (non-hydrogen) atoms. The lowest BCUT2D eigenvalue weighted by Gasteiger charge is -2.31. The summed E-state index contributed by atoms with van der Waals surface area (Å²) in [7, 11) is 0. The fourth-order valence-electron chi connectivity index (χ4n) is 2.68. The minimum absolute atomic E-state index is 0.362. The van der Waals surface area contributed by atoms with Gasteiger partial charge < -0.3 is 14.7 Å². The summed E-state index contributed by atoms with van der Waals surface area (Å²) in [6.07, 6.45) is 0. The summed E-state index contributed by atoms with van der Waals surface area (Å²) >= 11 is 0. The van der Waals surface area contributed by atoms with Crippen LogP contribution in [0.4, 0.5) is 5.69 Å². The maximum Gasteiger partial charge on any atom is 0.335 e. The van der Waals surface area contributed by atoms with Crippen LogP contribution in [0.25, 0.3) is 0 Å². The summed E-state index contributed by atoms with van der Waals surface area (Å²) in [5.41, 5.74) is 3.35. The summed E-state index contributed by atoms with van der Waals surface area (Å²) in [6.45, 7) is 4.08. The second kappa shape index (κ2) is 5.48. The SMILES string of the molecule is Cc1cc(CN2CCOc3ccccc32)ccc1C(=O)O. The molecule has 4 heteroatoms. The number of para-hydroxylation sites is 2. The molecule has 2 aromatic carbocycles. The first kappa shape index (κ1) is 13.5. The van der Waals surface area contributed by atoms with E-state index >= 15 is 0 Å². The van der Waals surface area contributed by atoms with Crippen molar-refractivity contribution in [3.63, 3.8) is 0 Å². The van der Waals surface area contributed by atoms with Crippen LogP contribution in [0, 0.1) is 6.92 Å². The molecule has 0 spiro atoms. The number of fused-ring (bicyclic) bond motifs is 1. The minimum atomic E-state index is -0.879. The second-order valence-corrected chi connectivity index (χ2v) is 5.19. The van der Waals surface area contributed by atoms with Gasteiger partial charge in [0.1, 0.15) is 12.4 Å². The van der Waals surface area contributed by atoms with Crippen LogP contribution < -0.4 is 9.64 Å². The van der Waals surface area contributed by atoms with Gasteiger partial charge in [-0.3, -0.25) is 0 Å². The lowest BCUT2D eigenvalue weighted by atomic mass is 10.0. The van der Waals surface area contributed by atoms with Crippen molar-refractivity contribution in [2.45, 2.75) is 13.5 Å². The lowest BCUT2D eigenvalue weighted by Crippen LogP contribution is -2.32. The van der Waals surface area contributed by atoms with Gasteiger partial charge in [-0.1, -0.05) is 24.3 Å². The van der Waals surface area contributed by atoms with E-state index in [0.29, 0.717) is 12.2 Å². The number of rotatable bonds is 3. The van der Waals surface area contributed by atoms with Crippen LogP contribution in [0.1, 0.15) is 21.5 Å². The van der Waals surface area contributed by atoms with Crippen LogP contribution in [0.2, 0.25) is 0 Å². The number of nitrogens with zero attached hydrogens (tertiary/aromatic N) is 1. The van der Waals surface area contributed by atoms with Crippen molar-refractivity contribution in [3.8, 4) is 5.75 Å². The van der Waals surface area contributed by atoms with Crippen molar-refractivity contribution in [2.24, 2.45) is 0 Å². The number of carboxylic acids is 1. The Balaban J connectivity index is 1.85. The summed E-state index contributed by atoms with van der Waals surface area (Å²) in [5, 5.41) is 9.08. The van der Waals surface area contributed by atoms with E-state index in [0.717, 1.165) is 35.7 Å². The van der Waals surface area contributed by atoms with Crippen molar-refractivity contribution in [1.29, 1.82) is 0 Å². The first-order valence-electron chi connectivity index (χ1n) is 6.95. The predicted molar refractivity (Wildman–Crippen MR) is 81.1 cm³/mol. The van der Waals surface area contributed by atoms with Crippen molar-refractivity contribution in [1.82, 2.24) is 0 Å². The third-order valence-electron chi connectivity index (χ3n) is 3.72. The summed E-state index contributed by atoms with van der Waals surface area (Å²) in [5.74, 6) is 0.0263. The molecule has 0 saturated heterocycles. The number of ether oxygens (including phenoxy) is 1. The van der Waals surface area contributed by atoms with E-state index in [2.05, 4.69) is 4.90 Å². The molecule has 1 N–H and O–H groups in total. The Hall–Kier alpha value is -2.49. The molecule has 0 radical (unpaired) electrons. The van der Waals surface area contributed by atoms with Crippen molar-refractivity contribution < 1.29 is 14.6 Å². The zero-order valence-corrected chi connectivity index (χ0v) is 11.9. The Labute approximate surface area is 123 Å². The Bertz CT molecular complexity index is 681. The van der Waals surface area contributed by atoms with E-state index in [-0.39, 0.29) is 0 Å². The van der Waals surface area contributed by atoms with Crippen LogP contribution in [0.15, 0.2) is 42.5 Å². The summed E-state index contributed by atoms with van der Waals surface area (Å²) < 4.78 is 5.65. The smallest absolute Gasteiger partial charge is 0.335 e. The monoisotopic (exact) mass is 283 g/mol. The quantitative estimate of drug-likeness (QED) is 0.940. The summed E-state index contributed by atoms with van der Waals surface area (Å²) in [6, 6.07) is 13.5. The van der Waals surface area contributed by atoms with Gasteiger partial charge in [-0.25, -0.2) is 4.79 Å². The van der Waals surface area contributed by atoms with Crippen LogP contribution in [0.5, 0.6) is 5.75 Å².